The van der Waals surface area contributed by atoms with Gasteiger partial charge in [-0.15, -0.1) is 0 Å². The number of rotatable bonds is 3. The summed E-state index contributed by atoms with van der Waals surface area (Å²) in [7, 11) is 0. The Morgan fingerprint density at radius 1 is 1.35 bits per heavy atom. The maximum Gasteiger partial charge on any atom is 0.280 e. The number of hydrogen-bond acceptors (Lipinski definition) is 3. The van der Waals surface area contributed by atoms with Crippen LogP contribution in [0.1, 0.15) is 24.7 Å². The van der Waals surface area contributed by atoms with Gasteiger partial charge in [0.25, 0.3) is 6.43 Å². The van der Waals surface area contributed by atoms with Crippen molar-refractivity contribution in [3.63, 3.8) is 0 Å². The first kappa shape index (κ1) is 12.7. The van der Waals surface area contributed by atoms with Crippen LogP contribution in [0.2, 0.25) is 0 Å². The van der Waals surface area contributed by atoms with E-state index >= 15 is 0 Å². The van der Waals surface area contributed by atoms with Crippen LogP contribution in [0.4, 0.5) is 8.78 Å². The van der Waals surface area contributed by atoms with Crippen molar-refractivity contribution < 1.29 is 8.78 Å². The number of nitrogens with zero attached hydrogens (tertiary/aromatic N) is 5. The first-order valence-corrected chi connectivity index (χ1v) is 6.27. The molecule has 3 aromatic heterocycles. The molecule has 5 nitrogen and oxygen atoms in total. The molecule has 3 rings (SSSR count). The third-order valence-corrected chi connectivity index (χ3v) is 3.16. The molecule has 0 spiro atoms. The maximum atomic E-state index is 13.1. The topological polar surface area (TPSA) is 48.0 Å². The summed E-state index contributed by atoms with van der Waals surface area (Å²) < 4.78 is 29.2. The lowest BCUT2D eigenvalue weighted by Gasteiger charge is -2.06. The lowest BCUT2D eigenvalue weighted by molar-refractivity contribution is 0.143. The van der Waals surface area contributed by atoms with Crippen LogP contribution in [0, 0.1) is 6.92 Å². The van der Waals surface area contributed by atoms with E-state index in [1.165, 1.54) is 12.3 Å². The van der Waals surface area contributed by atoms with Crippen molar-refractivity contribution in [3.05, 3.63) is 35.9 Å². The van der Waals surface area contributed by atoms with Gasteiger partial charge in [-0.2, -0.15) is 10.2 Å². The van der Waals surface area contributed by atoms with Gasteiger partial charge in [-0.3, -0.25) is 4.68 Å². The Hall–Kier alpha value is -2.31. The standard InChI is InChI=1S/C13H13F2N5/c1-3-19-7-9(8(2)18-19)10-6-11(13(14)15)20-12(17-10)4-5-16-20/h4-7,13H,3H2,1-2H3. The Morgan fingerprint density at radius 2 is 2.15 bits per heavy atom. The summed E-state index contributed by atoms with van der Waals surface area (Å²) in [4.78, 5) is 4.37. The van der Waals surface area contributed by atoms with E-state index in [1.54, 1.807) is 10.7 Å². The predicted octanol–water partition coefficient (Wildman–Crippen LogP) is 2.86. The zero-order valence-electron chi connectivity index (χ0n) is 11.1. The molecule has 3 aromatic rings. The molecule has 0 aliphatic carbocycles. The minimum atomic E-state index is -2.61. The quantitative estimate of drug-likeness (QED) is 0.739. The Bertz CT molecular complexity index is 759. The third-order valence-electron chi connectivity index (χ3n) is 3.16. The van der Waals surface area contributed by atoms with E-state index in [4.69, 9.17) is 0 Å². The Kier molecular flexibility index (Phi) is 2.96. The van der Waals surface area contributed by atoms with Crippen LogP contribution < -0.4 is 0 Å². The summed E-state index contributed by atoms with van der Waals surface area (Å²) in [6.07, 6.45) is 0.667. The molecule has 0 radical (unpaired) electrons. The lowest BCUT2D eigenvalue weighted by Crippen LogP contribution is -2.02. The molecule has 0 saturated heterocycles. The molecule has 104 valence electrons. The molecule has 0 N–H and O–H groups in total. The second-order valence-electron chi connectivity index (χ2n) is 4.45. The van der Waals surface area contributed by atoms with Crippen LogP contribution in [0.15, 0.2) is 24.5 Å². The van der Waals surface area contributed by atoms with Gasteiger partial charge in [0, 0.05) is 24.4 Å². The number of alkyl halides is 2. The lowest BCUT2D eigenvalue weighted by atomic mass is 10.1. The van der Waals surface area contributed by atoms with Gasteiger partial charge < -0.3 is 0 Å². The van der Waals surface area contributed by atoms with Crippen molar-refractivity contribution in [3.8, 4) is 11.3 Å². The number of aromatic nitrogens is 5. The average molecular weight is 277 g/mol. The fraction of sp³-hybridized carbons (Fsp3) is 0.308. The summed E-state index contributed by atoms with van der Waals surface area (Å²) in [5, 5.41) is 8.19. The normalized spacial score (nSPS) is 11.7. The van der Waals surface area contributed by atoms with Crippen LogP contribution in [0.5, 0.6) is 0 Å². The predicted molar refractivity (Wildman–Crippen MR) is 69.6 cm³/mol. The van der Waals surface area contributed by atoms with Gasteiger partial charge in [-0.25, -0.2) is 18.3 Å². The zero-order chi connectivity index (χ0) is 14.3. The summed E-state index contributed by atoms with van der Waals surface area (Å²) in [5.74, 6) is 0. The average Bonchev–Trinajstić information content (AvgIpc) is 3.02. The van der Waals surface area contributed by atoms with Gasteiger partial charge in [0.05, 0.1) is 17.6 Å². The van der Waals surface area contributed by atoms with Crippen molar-refractivity contribution in [2.24, 2.45) is 0 Å². The van der Waals surface area contributed by atoms with Gasteiger partial charge in [-0.05, 0) is 19.9 Å². The van der Waals surface area contributed by atoms with Gasteiger partial charge in [0.15, 0.2) is 5.65 Å². The number of hydrogen-bond donors (Lipinski definition) is 0. The molecule has 0 saturated carbocycles. The third kappa shape index (κ3) is 1.95. The van der Waals surface area contributed by atoms with E-state index in [0.29, 0.717) is 11.3 Å². The van der Waals surface area contributed by atoms with Gasteiger partial charge in [-0.1, -0.05) is 0 Å². The SMILES string of the molecule is CCn1cc(-c2cc(C(F)F)n3nccc3n2)c(C)n1. The highest BCUT2D eigenvalue weighted by Gasteiger charge is 2.17. The minimum absolute atomic E-state index is 0.168. The number of halogens is 2. The van der Waals surface area contributed by atoms with Crippen molar-refractivity contribution in [1.29, 1.82) is 0 Å². The second-order valence-corrected chi connectivity index (χ2v) is 4.45. The summed E-state index contributed by atoms with van der Waals surface area (Å²) >= 11 is 0. The summed E-state index contributed by atoms with van der Waals surface area (Å²) in [6, 6.07) is 2.98. The van der Waals surface area contributed by atoms with Gasteiger partial charge in [0.2, 0.25) is 0 Å². The molecule has 0 aromatic carbocycles. The van der Waals surface area contributed by atoms with Crippen LogP contribution in [-0.4, -0.2) is 24.4 Å². The molecule has 0 atom stereocenters. The van der Waals surface area contributed by atoms with E-state index in [-0.39, 0.29) is 5.69 Å². The van der Waals surface area contributed by atoms with E-state index in [1.807, 2.05) is 20.0 Å². The van der Waals surface area contributed by atoms with Crippen LogP contribution >= 0.6 is 0 Å². The molecule has 20 heavy (non-hydrogen) atoms. The number of fused-ring (bicyclic) bond motifs is 1. The molecule has 7 heteroatoms. The van der Waals surface area contributed by atoms with Gasteiger partial charge in [0.1, 0.15) is 5.69 Å². The van der Waals surface area contributed by atoms with Crippen LogP contribution in [-0.2, 0) is 6.54 Å². The molecule has 3 heterocycles. The molecule has 0 aliphatic rings. The molecular weight excluding hydrogens is 264 g/mol. The van der Waals surface area contributed by atoms with Crippen molar-refractivity contribution in [2.75, 3.05) is 0 Å². The highest BCUT2D eigenvalue weighted by molar-refractivity contribution is 5.64. The Labute approximate surface area is 113 Å². The van der Waals surface area contributed by atoms with E-state index < -0.39 is 6.43 Å². The van der Waals surface area contributed by atoms with Crippen molar-refractivity contribution >= 4 is 5.65 Å². The Morgan fingerprint density at radius 3 is 2.80 bits per heavy atom. The Balaban J connectivity index is 2.22. The molecule has 0 aliphatic heterocycles. The van der Waals surface area contributed by atoms with Gasteiger partial charge >= 0.3 is 0 Å². The fourth-order valence-corrected chi connectivity index (χ4v) is 2.16. The molecular formula is C13H13F2N5. The maximum absolute atomic E-state index is 13.1. The highest BCUT2D eigenvalue weighted by Crippen LogP contribution is 2.26. The molecule has 0 unspecified atom stereocenters. The van der Waals surface area contributed by atoms with Crippen molar-refractivity contribution in [2.45, 2.75) is 26.8 Å². The van der Waals surface area contributed by atoms with E-state index in [2.05, 4.69) is 15.2 Å². The molecule has 0 amide bonds. The first-order chi connectivity index (χ1) is 9.60. The highest BCUT2D eigenvalue weighted by atomic mass is 19.3. The summed E-state index contributed by atoms with van der Waals surface area (Å²) in [5.41, 5.74) is 2.26. The van der Waals surface area contributed by atoms with E-state index in [0.717, 1.165) is 22.3 Å². The molecule has 0 bridgehead atoms. The molecule has 0 fully saturated rings. The fourth-order valence-electron chi connectivity index (χ4n) is 2.16. The van der Waals surface area contributed by atoms with Crippen LogP contribution in [0.3, 0.4) is 0 Å². The monoisotopic (exact) mass is 277 g/mol. The van der Waals surface area contributed by atoms with E-state index in [9.17, 15) is 8.78 Å². The first-order valence-electron chi connectivity index (χ1n) is 6.27. The largest absolute Gasteiger partial charge is 0.280 e. The summed E-state index contributed by atoms with van der Waals surface area (Å²) in [6.45, 7) is 4.53. The van der Waals surface area contributed by atoms with Crippen molar-refractivity contribution in [1.82, 2.24) is 24.4 Å². The minimum Gasteiger partial charge on any atom is -0.272 e. The second kappa shape index (κ2) is 4.66. The number of aryl methyl sites for hydroxylation is 2. The van der Waals surface area contributed by atoms with Crippen LogP contribution in [0.25, 0.3) is 16.9 Å². The smallest absolute Gasteiger partial charge is 0.272 e. The zero-order valence-corrected chi connectivity index (χ0v) is 11.1.